The Hall–Kier alpha value is -3.65. The number of nitrogens with zero attached hydrogens (tertiary/aromatic N) is 1. The zero-order chi connectivity index (χ0) is 17.8. The minimum absolute atomic E-state index is 0.242. The lowest BCUT2D eigenvalue weighted by molar-refractivity contribution is 0.0697. The quantitative estimate of drug-likeness (QED) is 0.568. The fraction of sp³-hybridized carbons (Fsp3) is 0.0500. The van der Waals surface area contributed by atoms with E-state index in [9.17, 15) is 4.79 Å². The molecule has 0 aliphatic rings. The van der Waals surface area contributed by atoms with Crippen LogP contribution >= 0.6 is 0 Å². The van der Waals surface area contributed by atoms with Crippen LogP contribution in [0.1, 0.15) is 15.9 Å². The van der Waals surface area contributed by atoms with Gasteiger partial charge in [-0.2, -0.15) is 0 Å². The average molecular weight is 332 g/mol. The van der Waals surface area contributed by atoms with Crippen molar-refractivity contribution in [3.63, 3.8) is 0 Å². The molecule has 1 heterocycles. The summed E-state index contributed by atoms with van der Waals surface area (Å²) in [7, 11) is 1.62. The Morgan fingerprint density at radius 3 is 2.56 bits per heavy atom. The number of hydrogen-bond donors (Lipinski definition) is 2. The van der Waals surface area contributed by atoms with Gasteiger partial charge in [0, 0.05) is 29.7 Å². The first kappa shape index (κ1) is 16.2. The van der Waals surface area contributed by atoms with Gasteiger partial charge in [-0.25, -0.2) is 4.79 Å². The number of aromatic carboxylic acids is 1. The maximum atomic E-state index is 11.0. The highest BCUT2D eigenvalue weighted by Crippen LogP contribution is 2.29. The van der Waals surface area contributed by atoms with E-state index in [1.54, 1.807) is 31.4 Å². The van der Waals surface area contributed by atoms with Crippen molar-refractivity contribution in [3.05, 3.63) is 72.1 Å². The van der Waals surface area contributed by atoms with Gasteiger partial charge in [-0.05, 0) is 47.9 Å². The van der Waals surface area contributed by atoms with Crippen molar-refractivity contribution in [2.75, 3.05) is 7.11 Å². The van der Waals surface area contributed by atoms with E-state index in [0.29, 0.717) is 0 Å². The molecule has 0 saturated carbocycles. The third-order valence-corrected chi connectivity index (χ3v) is 3.83. The maximum absolute atomic E-state index is 11.0. The van der Waals surface area contributed by atoms with Gasteiger partial charge in [-0.1, -0.05) is 12.1 Å². The Kier molecular flexibility index (Phi) is 4.44. The van der Waals surface area contributed by atoms with Crippen LogP contribution in [0.4, 0.5) is 0 Å². The molecule has 0 amide bonds. The molecule has 0 atom stereocenters. The van der Waals surface area contributed by atoms with Crippen LogP contribution in [0.5, 0.6) is 5.75 Å². The van der Waals surface area contributed by atoms with E-state index in [4.69, 9.17) is 15.6 Å². The predicted octanol–water partition coefficient (Wildman–Crippen LogP) is 3.12. The Morgan fingerprint density at radius 2 is 1.92 bits per heavy atom. The standard InChI is InChI=1S/C20H16N2O3/c1-25-18-4-2-3-15(11-18)19-13-22(12-16(19)9-10-21)17-7-5-14(6-8-17)20(23)24/h2-8,11-13H,21H2,1H3,(H,23,24). The molecule has 0 aliphatic carbocycles. The minimum Gasteiger partial charge on any atom is -0.497 e. The van der Waals surface area contributed by atoms with Gasteiger partial charge in [0.1, 0.15) is 5.75 Å². The minimum atomic E-state index is -0.953. The number of hydrogen-bond acceptors (Lipinski definition) is 3. The van der Waals surface area contributed by atoms with Crippen molar-refractivity contribution in [2.24, 2.45) is 5.73 Å². The molecular weight excluding hydrogens is 316 g/mol. The third kappa shape index (κ3) is 3.33. The van der Waals surface area contributed by atoms with E-state index in [1.165, 1.54) is 0 Å². The van der Waals surface area contributed by atoms with E-state index in [2.05, 4.69) is 12.0 Å². The van der Waals surface area contributed by atoms with Gasteiger partial charge >= 0.3 is 5.97 Å². The summed E-state index contributed by atoms with van der Waals surface area (Å²) in [6.07, 6.45) is 3.80. The molecule has 5 nitrogen and oxygen atoms in total. The summed E-state index contributed by atoms with van der Waals surface area (Å²) in [6.45, 7) is 0. The lowest BCUT2D eigenvalue weighted by atomic mass is 10.0. The Balaban J connectivity index is 2.07. The van der Waals surface area contributed by atoms with Crippen molar-refractivity contribution in [2.45, 2.75) is 0 Å². The molecule has 0 spiro atoms. The van der Waals surface area contributed by atoms with Crippen LogP contribution in [0.2, 0.25) is 0 Å². The molecule has 0 fully saturated rings. The Morgan fingerprint density at radius 1 is 1.16 bits per heavy atom. The second-order valence-electron chi connectivity index (χ2n) is 5.35. The number of carboxylic acids is 1. The zero-order valence-corrected chi connectivity index (χ0v) is 13.6. The Bertz CT molecular complexity index is 976. The molecule has 0 radical (unpaired) electrons. The van der Waals surface area contributed by atoms with E-state index in [-0.39, 0.29) is 5.56 Å². The number of ether oxygens (including phenoxy) is 1. The van der Waals surface area contributed by atoms with Gasteiger partial charge in [-0.3, -0.25) is 0 Å². The molecule has 0 bridgehead atoms. The number of benzene rings is 2. The summed E-state index contributed by atoms with van der Waals surface area (Å²) in [4.78, 5) is 11.0. The highest BCUT2D eigenvalue weighted by molar-refractivity contribution is 5.87. The van der Waals surface area contributed by atoms with E-state index in [1.807, 2.05) is 41.2 Å². The van der Waals surface area contributed by atoms with Crippen LogP contribution in [0.15, 0.2) is 60.9 Å². The molecule has 124 valence electrons. The van der Waals surface area contributed by atoms with Crippen molar-refractivity contribution in [3.8, 4) is 34.5 Å². The topological polar surface area (TPSA) is 77.5 Å². The van der Waals surface area contributed by atoms with Gasteiger partial charge in [-0.15, -0.1) is 0 Å². The van der Waals surface area contributed by atoms with Crippen LogP contribution in [0, 0.1) is 12.0 Å². The molecule has 2 aromatic carbocycles. The number of nitrogens with two attached hydrogens (primary N) is 1. The van der Waals surface area contributed by atoms with Crippen molar-refractivity contribution >= 4 is 5.97 Å². The third-order valence-electron chi connectivity index (χ3n) is 3.83. The number of aromatic nitrogens is 1. The van der Waals surface area contributed by atoms with E-state index >= 15 is 0 Å². The summed E-state index contributed by atoms with van der Waals surface area (Å²) in [5.74, 6) is 2.70. The van der Waals surface area contributed by atoms with E-state index in [0.717, 1.165) is 28.1 Å². The molecule has 0 unspecified atom stereocenters. The second-order valence-corrected chi connectivity index (χ2v) is 5.35. The van der Waals surface area contributed by atoms with Gasteiger partial charge in [0.05, 0.1) is 18.2 Å². The first-order valence-corrected chi connectivity index (χ1v) is 7.54. The number of carbonyl (C=O) groups is 1. The van der Waals surface area contributed by atoms with Crippen LogP contribution in [0.25, 0.3) is 16.8 Å². The molecule has 0 aliphatic heterocycles. The van der Waals surface area contributed by atoms with Gasteiger partial charge in [0.15, 0.2) is 0 Å². The predicted molar refractivity (Wildman–Crippen MR) is 95.8 cm³/mol. The molecular formula is C20H16N2O3. The first-order chi connectivity index (χ1) is 12.1. The van der Waals surface area contributed by atoms with Gasteiger partial charge < -0.3 is 20.1 Å². The average Bonchev–Trinajstić information content (AvgIpc) is 3.06. The van der Waals surface area contributed by atoms with Crippen LogP contribution < -0.4 is 10.5 Å². The highest BCUT2D eigenvalue weighted by Gasteiger charge is 2.10. The Labute approximate surface area is 145 Å². The SMILES string of the molecule is COc1cccc(-c2cn(-c3ccc(C(=O)O)cc3)cc2C#CN)c1. The first-order valence-electron chi connectivity index (χ1n) is 7.54. The van der Waals surface area contributed by atoms with Crippen LogP contribution in [-0.2, 0) is 0 Å². The summed E-state index contributed by atoms with van der Waals surface area (Å²) in [5, 5.41) is 9.01. The normalized spacial score (nSPS) is 9.96. The summed E-state index contributed by atoms with van der Waals surface area (Å²) in [6, 6.07) is 16.7. The molecule has 0 saturated heterocycles. The summed E-state index contributed by atoms with van der Waals surface area (Å²) < 4.78 is 7.17. The van der Waals surface area contributed by atoms with Gasteiger partial charge in [0.25, 0.3) is 0 Å². The number of methoxy groups -OCH3 is 1. The lowest BCUT2D eigenvalue weighted by Gasteiger charge is -2.04. The van der Waals surface area contributed by atoms with Crippen molar-refractivity contribution in [1.82, 2.24) is 4.57 Å². The highest BCUT2D eigenvalue weighted by atomic mass is 16.5. The van der Waals surface area contributed by atoms with E-state index < -0.39 is 5.97 Å². The molecule has 3 aromatic rings. The number of rotatable bonds is 4. The monoisotopic (exact) mass is 332 g/mol. The van der Waals surface area contributed by atoms with Crippen LogP contribution in [-0.4, -0.2) is 22.8 Å². The fourth-order valence-electron chi connectivity index (χ4n) is 2.58. The molecule has 3 N–H and O–H groups in total. The zero-order valence-electron chi connectivity index (χ0n) is 13.6. The van der Waals surface area contributed by atoms with Crippen molar-refractivity contribution < 1.29 is 14.6 Å². The van der Waals surface area contributed by atoms with Crippen molar-refractivity contribution in [1.29, 1.82) is 0 Å². The molecule has 3 rings (SSSR count). The number of carboxylic acid groups (broad SMARTS) is 1. The maximum Gasteiger partial charge on any atom is 0.335 e. The van der Waals surface area contributed by atoms with Crippen LogP contribution in [0.3, 0.4) is 0 Å². The molecule has 1 aromatic heterocycles. The summed E-state index contributed by atoms with van der Waals surface area (Å²) in [5.41, 5.74) is 9.13. The largest absolute Gasteiger partial charge is 0.497 e. The fourth-order valence-corrected chi connectivity index (χ4v) is 2.58. The smallest absolute Gasteiger partial charge is 0.335 e. The second kappa shape index (κ2) is 6.85. The van der Waals surface area contributed by atoms with Gasteiger partial charge in [0.2, 0.25) is 0 Å². The molecule has 5 heteroatoms. The molecule has 25 heavy (non-hydrogen) atoms. The lowest BCUT2D eigenvalue weighted by Crippen LogP contribution is -1.97. The summed E-state index contributed by atoms with van der Waals surface area (Å²) >= 11 is 0.